The van der Waals surface area contributed by atoms with Crippen molar-refractivity contribution < 1.29 is 42.9 Å². The third-order valence-corrected chi connectivity index (χ3v) is 14.0. The van der Waals surface area contributed by atoms with Gasteiger partial charge in [0.15, 0.2) is 12.4 Å². The lowest BCUT2D eigenvalue weighted by Gasteiger charge is -2.26. The number of carboxylic acid groups (broad SMARTS) is 1. The van der Waals surface area contributed by atoms with Gasteiger partial charge in [-0.3, -0.25) is 9.59 Å². The number of hydrogen-bond donors (Lipinski definition) is 0. The first-order valence-electron chi connectivity index (χ1n) is 31.0. The van der Waals surface area contributed by atoms with Crippen LogP contribution in [0.25, 0.3) is 0 Å². The molecule has 2 unspecified atom stereocenters. The predicted molar refractivity (Wildman–Crippen MR) is 302 cm³/mol. The van der Waals surface area contributed by atoms with E-state index >= 15 is 0 Å². The molecule has 9 nitrogen and oxygen atoms in total. The van der Waals surface area contributed by atoms with Gasteiger partial charge in [-0.05, 0) is 44.9 Å². The lowest BCUT2D eigenvalue weighted by Crippen LogP contribution is -2.44. The highest BCUT2D eigenvalue weighted by Gasteiger charge is 2.22. The second-order valence-electron chi connectivity index (χ2n) is 22.4. The monoisotopic (exact) mass is 1020 g/mol. The van der Waals surface area contributed by atoms with Crippen LogP contribution in [0.5, 0.6) is 0 Å². The number of ether oxygens (including phenoxy) is 4. The maximum absolute atomic E-state index is 12.9. The Morgan fingerprint density at radius 2 is 0.750 bits per heavy atom. The highest BCUT2D eigenvalue weighted by Crippen LogP contribution is 2.18. The van der Waals surface area contributed by atoms with E-state index < -0.39 is 24.3 Å². The van der Waals surface area contributed by atoms with Crippen LogP contribution in [0.1, 0.15) is 303 Å². The number of hydrogen-bond acceptors (Lipinski definition) is 8. The van der Waals surface area contributed by atoms with Gasteiger partial charge in [0, 0.05) is 12.8 Å². The maximum Gasteiger partial charge on any atom is 0.306 e. The molecule has 0 aromatic heterocycles. The zero-order chi connectivity index (χ0) is 52.7. The average Bonchev–Trinajstić information content (AvgIpc) is 3.35. The topological polar surface area (TPSA) is 111 Å². The first kappa shape index (κ1) is 69.8. The summed E-state index contributed by atoms with van der Waals surface area (Å²) in [5, 5.41) is 11.8. The Hall–Kier alpha value is -2.23. The third-order valence-electron chi connectivity index (χ3n) is 14.0. The Labute approximate surface area is 446 Å². The molecule has 2 atom stereocenters. The molecule has 72 heavy (non-hydrogen) atoms. The summed E-state index contributed by atoms with van der Waals surface area (Å²) in [4.78, 5) is 37.3. The molecule has 424 valence electrons. The number of quaternary nitrogens is 1. The van der Waals surface area contributed by atoms with E-state index in [1.807, 2.05) is 21.1 Å². The highest BCUT2D eigenvalue weighted by atomic mass is 16.7. The summed E-state index contributed by atoms with van der Waals surface area (Å²) in [6.07, 6.45) is 62.4. The number of unbranched alkanes of at least 4 members (excludes halogenated alkanes) is 39. The van der Waals surface area contributed by atoms with Gasteiger partial charge in [0.1, 0.15) is 13.2 Å². The second-order valence-corrected chi connectivity index (χ2v) is 22.4. The van der Waals surface area contributed by atoms with Crippen molar-refractivity contribution >= 4 is 17.9 Å². The molecule has 0 spiro atoms. The number of esters is 2. The molecule has 0 aromatic rings. The molecule has 9 heteroatoms. The van der Waals surface area contributed by atoms with E-state index in [9.17, 15) is 19.5 Å². The summed E-state index contributed by atoms with van der Waals surface area (Å²) >= 11 is 0. The number of aliphatic carboxylic acids is 1. The van der Waals surface area contributed by atoms with Crippen molar-refractivity contribution in [1.82, 2.24) is 0 Å². The zero-order valence-corrected chi connectivity index (χ0v) is 48.3. The fourth-order valence-corrected chi connectivity index (χ4v) is 9.16. The molecule has 0 aromatic carbocycles. The fraction of sp³-hybridized carbons (Fsp3) is 0.889. The quantitative estimate of drug-likeness (QED) is 0.0195. The van der Waals surface area contributed by atoms with Crippen molar-refractivity contribution in [1.29, 1.82) is 0 Å². The van der Waals surface area contributed by atoms with E-state index in [0.29, 0.717) is 23.9 Å². The average molecular weight is 1020 g/mol. The van der Waals surface area contributed by atoms with E-state index in [-0.39, 0.29) is 32.2 Å². The first-order valence-corrected chi connectivity index (χ1v) is 31.0. The fourth-order valence-electron chi connectivity index (χ4n) is 9.16. The van der Waals surface area contributed by atoms with E-state index in [1.165, 1.54) is 218 Å². The molecule has 0 saturated carbocycles. The Bertz CT molecular complexity index is 1230. The summed E-state index contributed by atoms with van der Waals surface area (Å²) in [5.41, 5.74) is 0. The smallest absolute Gasteiger partial charge is 0.306 e. The van der Waals surface area contributed by atoms with Gasteiger partial charge >= 0.3 is 11.9 Å². The largest absolute Gasteiger partial charge is 0.545 e. The molecule has 0 radical (unpaired) electrons. The van der Waals surface area contributed by atoms with Crippen LogP contribution in [0.2, 0.25) is 0 Å². The summed E-state index contributed by atoms with van der Waals surface area (Å²) < 4.78 is 22.7. The van der Waals surface area contributed by atoms with Crippen molar-refractivity contribution in [2.75, 3.05) is 47.5 Å². The van der Waals surface area contributed by atoms with Gasteiger partial charge in [0.2, 0.25) is 0 Å². The molecule has 0 rings (SSSR count). The van der Waals surface area contributed by atoms with Gasteiger partial charge in [0.25, 0.3) is 0 Å². The van der Waals surface area contributed by atoms with E-state index in [0.717, 1.165) is 51.4 Å². The van der Waals surface area contributed by atoms with Crippen LogP contribution in [0.15, 0.2) is 24.3 Å². The number of allylic oxidation sites excluding steroid dienone is 4. The summed E-state index contributed by atoms with van der Waals surface area (Å²) in [6, 6.07) is 0. The van der Waals surface area contributed by atoms with Gasteiger partial charge in [-0.2, -0.15) is 0 Å². The lowest BCUT2D eigenvalue weighted by atomic mass is 10.0. The minimum absolute atomic E-state index is 0.148. The van der Waals surface area contributed by atoms with Crippen LogP contribution in [0, 0.1) is 0 Å². The normalized spacial score (nSPS) is 12.8. The molecule has 0 aliphatic rings. The maximum atomic E-state index is 12.9. The zero-order valence-electron chi connectivity index (χ0n) is 48.3. The Kier molecular flexibility index (Phi) is 53.3. The lowest BCUT2D eigenvalue weighted by molar-refractivity contribution is -0.870. The number of carboxylic acids is 1. The Morgan fingerprint density at radius 3 is 1.11 bits per heavy atom. The highest BCUT2D eigenvalue weighted by molar-refractivity contribution is 5.70. The van der Waals surface area contributed by atoms with Crippen molar-refractivity contribution in [2.45, 2.75) is 315 Å². The van der Waals surface area contributed by atoms with Crippen LogP contribution < -0.4 is 5.11 Å². The summed E-state index contributed by atoms with van der Waals surface area (Å²) in [7, 11) is 5.93. The molecule has 0 bridgehead atoms. The number of nitrogens with zero attached hydrogens (tertiary/aromatic N) is 1. The molecular formula is C63H119NO8. The number of rotatable bonds is 58. The van der Waals surface area contributed by atoms with Gasteiger partial charge in [-0.15, -0.1) is 0 Å². The summed E-state index contributed by atoms with van der Waals surface area (Å²) in [6.45, 7) is 4.77. The Morgan fingerprint density at radius 1 is 0.417 bits per heavy atom. The van der Waals surface area contributed by atoms with Crippen LogP contribution in [0.4, 0.5) is 0 Å². The molecule has 0 saturated heterocycles. The van der Waals surface area contributed by atoms with Gasteiger partial charge in [-0.1, -0.05) is 269 Å². The predicted octanol–water partition coefficient (Wildman–Crippen LogP) is 17.0. The van der Waals surface area contributed by atoms with Crippen molar-refractivity contribution in [3.05, 3.63) is 24.3 Å². The number of carbonyl (C=O) groups is 3. The molecular weight excluding hydrogens is 899 g/mol. The minimum atomic E-state index is -1.62. The van der Waals surface area contributed by atoms with Crippen LogP contribution in [-0.4, -0.2) is 82.3 Å². The molecule has 0 aliphatic carbocycles. The van der Waals surface area contributed by atoms with Crippen LogP contribution >= 0.6 is 0 Å². The molecule has 0 heterocycles. The Balaban J connectivity index is 4.11. The molecule has 0 N–H and O–H groups in total. The number of likely N-dealkylation sites (N-methyl/N-ethyl adjacent to an activating group) is 1. The van der Waals surface area contributed by atoms with E-state index in [1.54, 1.807) is 0 Å². The van der Waals surface area contributed by atoms with E-state index in [4.69, 9.17) is 18.9 Å². The number of carbonyl (C=O) groups excluding carboxylic acids is 3. The molecule has 0 amide bonds. The molecule has 0 aliphatic heterocycles. The van der Waals surface area contributed by atoms with Crippen molar-refractivity contribution in [3.63, 3.8) is 0 Å². The van der Waals surface area contributed by atoms with E-state index in [2.05, 4.69) is 38.2 Å². The minimum Gasteiger partial charge on any atom is -0.545 e. The van der Waals surface area contributed by atoms with Gasteiger partial charge < -0.3 is 33.3 Å². The van der Waals surface area contributed by atoms with Gasteiger partial charge in [0.05, 0.1) is 40.3 Å². The van der Waals surface area contributed by atoms with Crippen LogP contribution in [-0.2, 0) is 33.3 Å². The second kappa shape index (κ2) is 55.0. The van der Waals surface area contributed by atoms with Gasteiger partial charge in [-0.25, -0.2) is 0 Å². The standard InChI is InChI=1S/C63H119NO8/c1-6-8-10-12-14-16-18-20-22-24-26-27-28-29-30-31-32-33-34-35-36-38-39-41-43-45-47-49-51-53-60(65)70-57-59(58-71-63(62(67)68)69-56-55-64(3,4)5)72-61(66)54-52-50-48-46-44-42-40-37-25-23-21-19-17-15-13-11-9-7-2/h17,19,23,25,59,63H,6-16,18,20-22,24,26-58H2,1-5H3/b19-17-,25-23-. The van der Waals surface area contributed by atoms with Crippen LogP contribution in [0.3, 0.4) is 0 Å². The first-order chi connectivity index (χ1) is 35.1. The SMILES string of the molecule is CCCCCC/C=C\C/C=C\CCCCCCCCCC(=O)OC(COC(=O)CCCCCCCCCCCCCCCCCCCCCCCCCCCCCCC)COC(OCC[N+](C)(C)C)C(=O)[O-]. The van der Waals surface area contributed by atoms with Crippen molar-refractivity contribution in [2.24, 2.45) is 0 Å². The molecule has 0 fully saturated rings. The third kappa shape index (κ3) is 55.5. The van der Waals surface area contributed by atoms with Crippen molar-refractivity contribution in [3.8, 4) is 0 Å². The summed E-state index contributed by atoms with van der Waals surface area (Å²) in [5.74, 6) is -2.27.